The van der Waals surface area contributed by atoms with Crippen molar-refractivity contribution in [2.45, 2.75) is 73.7 Å². The molecule has 13 heteroatoms. The van der Waals surface area contributed by atoms with Gasteiger partial charge in [0.15, 0.2) is 0 Å². The van der Waals surface area contributed by atoms with Crippen LogP contribution in [0.25, 0.3) is 0 Å². The molecule has 1 aliphatic heterocycles. The summed E-state index contributed by atoms with van der Waals surface area (Å²) in [6.07, 6.45) is 9.18. The number of fused-ring (bicyclic) bond motifs is 2. The van der Waals surface area contributed by atoms with Crippen molar-refractivity contribution in [3.63, 3.8) is 0 Å². The number of non-ortho nitro benzene ring substituents is 1. The van der Waals surface area contributed by atoms with Crippen molar-refractivity contribution in [1.82, 2.24) is 0 Å². The number of hydrogen-bond donors (Lipinski definition) is 3. The number of nitrogens with zero attached hydrogens (tertiary/aromatic N) is 2. The summed E-state index contributed by atoms with van der Waals surface area (Å²) in [5.74, 6) is -0.137. The lowest BCUT2D eigenvalue weighted by atomic mass is 9.56. The Kier molecular flexibility index (Phi) is 13.3. The number of oxime groups is 1. The lowest BCUT2D eigenvalue weighted by Gasteiger charge is -2.58. The Morgan fingerprint density at radius 2 is 1.82 bits per heavy atom. The first kappa shape index (κ1) is 40.0. The molecule has 2 aliphatic carbocycles. The van der Waals surface area contributed by atoms with Gasteiger partial charge in [-0.25, -0.2) is 0 Å². The Bertz CT molecular complexity index is 1900. The minimum absolute atomic E-state index is 0.0693. The van der Waals surface area contributed by atoms with Gasteiger partial charge in [0, 0.05) is 54.7 Å². The zero-order valence-corrected chi connectivity index (χ0v) is 32.0. The van der Waals surface area contributed by atoms with Gasteiger partial charge < -0.3 is 34.6 Å². The number of aliphatic hydroxyl groups excluding tert-OH is 2. The molecule has 1 saturated carbocycles. The molecule has 0 radical (unpaired) electrons. The Hall–Kier alpha value is -4.69. The van der Waals surface area contributed by atoms with E-state index in [1.165, 1.54) is 19.1 Å². The Morgan fingerprint density at radius 1 is 1.07 bits per heavy atom. The van der Waals surface area contributed by atoms with E-state index >= 15 is 0 Å². The highest BCUT2D eigenvalue weighted by Crippen LogP contribution is 2.63. The number of amides is 1. The van der Waals surface area contributed by atoms with Crippen molar-refractivity contribution in [3.05, 3.63) is 107 Å². The number of anilines is 1. The molecule has 0 bridgehead atoms. The lowest BCUT2D eigenvalue weighted by molar-refractivity contribution is -0.384. The fourth-order valence-corrected chi connectivity index (χ4v) is 9.67. The van der Waals surface area contributed by atoms with E-state index in [0.29, 0.717) is 42.2 Å². The maximum Gasteiger partial charge on any atom is 0.273 e. The third-order valence-corrected chi connectivity index (χ3v) is 11.9. The van der Waals surface area contributed by atoms with Gasteiger partial charge in [-0.3, -0.25) is 14.9 Å². The van der Waals surface area contributed by atoms with Gasteiger partial charge >= 0.3 is 0 Å². The second-order valence-corrected chi connectivity index (χ2v) is 15.4. The highest BCUT2D eigenvalue weighted by molar-refractivity contribution is 8.00. The van der Waals surface area contributed by atoms with Crippen LogP contribution in [0.1, 0.15) is 63.4 Å². The van der Waals surface area contributed by atoms with Crippen LogP contribution in [-0.2, 0) is 14.4 Å². The molecule has 3 aromatic rings. The summed E-state index contributed by atoms with van der Waals surface area (Å²) in [5, 5.41) is 38.3. The summed E-state index contributed by atoms with van der Waals surface area (Å²) in [6, 6.07) is 19.5. The van der Waals surface area contributed by atoms with Crippen LogP contribution in [0.4, 0.5) is 11.4 Å². The summed E-state index contributed by atoms with van der Waals surface area (Å²) in [6.45, 7) is 5.89. The number of nitro benzene ring substituents is 1. The zero-order valence-electron chi connectivity index (χ0n) is 31.2. The Balaban J connectivity index is 1.52. The van der Waals surface area contributed by atoms with E-state index in [1.54, 1.807) is 37.1 Å². The zero-order chi connectivity index (χ0) is 39.0. The number of unbranched alkanes of at least 4 members (excludes halogenated alkanes) is 2. The van der Waals surface area contributed by atoms with Gasteiger partial charge in [-0.1, -0.05) is 36.2 Å². The first-order chi connectivity index (χ1) is 26.7. The van der Waals surface area contributed by atoms with Crippen LogP contribution < -0.4 is 14.8 Å². The average Bonchev–Trinajstić information content (AvgIpc) is 3.17. The smallest absolute Gasteiger partial charge is 0.273 e. The van der Waals surface area contributed by atoms with Gasteiger partial charge in [0.1, 0.15) is 24.4 Å². The molecule has 6 rings (SSSR count). The Morgan fingerprint density at radius 3 is 2.51 bits per heavy atom. The van der Waals surface area contributed by atoms with Gasteiger partial charge in [0.2, 0.25) is 11.7 Å². The number of carbonyl (C=O) groups excluding carboxylic acids is 1. The van der Waals surface area contributed by atoms with Crippen molar-refractivity contribution >= 4 is 34.8 Å². The molecule has 3 aromatic carbocycles. The predicted molar refractivity (Wildman–Crippen MR) is 212 cm³/mol. The summed E-state index contributed by atoms with van der Waals surface area (Å²) >= 11 is 1.62. The fourth-order valence-electron chi connectivity index (χ4n) is 8.38. The number of nitrogens with one attached hydrogen (secondary N) is 1. The molecule has 0 aromatic heterocycles. The second-order valence-electron chi connectivity index (χ2n) is 14.1. The van der Waals surface area contributed by atoms with Crippen LogP contribution in [0, 0.1) is 27.9 Å². The quantitative estimate of drug-likeness (QED) is 0.0496. The van der Waals surface area contributed by atoms with Gasteiger partial charge in [0.05, 0.1) is 34.5 Å². The van der Waals surface area contributed by atoms with Gasteiger partial charge in [-0.2, -0.15) is 0 Å². The summed E-state index contributed by atoms with van der Waals surface area (Å²) in [4.78, 5) is 29.3. The first-order valence-corrected chi connectivity index (χ1v) is 19.7. The van der Waals surface area contributed by atoms with Crippen molar-refractivity contribution < 1.29 is 39.0 Å². The number of carbonyl (C=O) groups is 1. The van der Waals surface area contributed by atoms with E-state index in [9.17, 15) is 25.1 Å². The molecule has 1 heterocycles. The largest absolute Gasteiger partial charge is 0.460 e. The monoisotopic (exact) mass is 771 g/mol. The molecule has 12 nitrogen and oxygen atoms in total. The standard InChI is InChI=1S/C42H49N3O9S/c1-4-22-52-42-39(55-33-17-14-29(15-18-33)43-27(2)48)26-37(44-51-3)35-23-28(10-5-7-20-46)34(13-6-8-21-47)40(41(35)42)36-25-32(16-19-38(36)54-42)53-31-12-9-11-30(24-31)45(49)50/h4,9,11-12,14-19,23-25,28,34,39-41,46-47H,1,5-8,10,13,20-22,26H2,2-3H3,(H,43,48)/t28-,34+,39-,40+,41+,42+/m0/s1. The Labute approximate surface area is 325 Å². The summed E-state index contributed by atoms with van der Waals surface area (Å²) in [7, 11) is 1.55. The van der Waals surface area contributed by atoms with Crippen LogP contribution in [0.3, 0.4) is 0 Å². The van der Waals surface area contributed by atoms with E-state index in [2.05, 4.69) is 23.1 Å². The first-order valence-electron chi connectivity index (χ1n) is 18.8. The number of rotatable bonds is 18. The van der Waals surface area contributed by atoms with E-state index in [-0.39, 0.29) is 60.3 Å². The molecule has 0 spiro atoms. The topological polar surface area (TPSA) is 162 Å². The maximum atomic E-state index is 11.7. The number of ether oxygens (including phenoxy) is 3. The lowest BCUT2D eigenvalue weighted by Crippen LogP contribution is -2.64. The third kappa shape index (κ3) is 8.91. The van der Waals surface area contributed by atoms with Crippen LogP contribution in [0.15, 0.2) is 101 Å². The number of benzene rings is 3. The van der Waals surface area contributed by atoms with Gasteiger partial charge in [0.25, 0.3) is 5.69 Å². The highest BCUT2D eigenvalue weighted by Gasteiger charge is 2.64. The molecule has 1 fully saturated rings. The van der Waals surface area contributed by atoms with Crippen LogP contribution in [-0.4, -0.2) is 64.7 Å². The van der Waals surface area contributed by atoms with Crippen molar-refractivity contribution in [2.75, 3.05) is 32.2 Å². The molecular weight excluding hydrogens is 723 g/mol. The van der Waals surface area contributed by atoms with Crippen molar-refractivity contribution in [2.24, 2.45) is 22.9 Å². The van der Waals surface area contributed by atoms with Crippen LogP contribution in [0.5, 0.6) is 17.2 Å². The van der Waals surface area contributed by atoms with Crippen molar-refractivity contribution in [3.8, 4) is 17.2 Å². The average molecular weight is 772 g/mol. The molecule has 6 atom stereocenters. The van der Waals surface area contributed by atoms with Crippen LogP contribution in [0.2, 0.25) is 0 Å². The van der Waals surface area contributed by atoms with Gasteiger partial charge in [-0.05, 0) is 91.6 Å². The normalized spacial score (nSPS) is 24.5. The summed E-state index contributed by atoms with van der Waals surface area (Å²) in [5.41, 5.74) is 3.36. The second kappa shape index (κ2) is 18.3. The predicted octanol–water partition coefficient (Wildman–Crippen LogP) is 8.40. The number of aliphatic hydroxyl groups is 2. The number of thioether (sulfide) groups is 1. The van der Waals surface area contributed by atoms with E-state index in [4.69, 9.17) is 19.0 Å². The fraction of sp³-hybridized carbons (Fsp3) is 0.429. The van der Waals surface area contributed by atoms with E-state index in [1.807, 2.05) is 42.5 Å². The molecule has 0 unspecified atom stereocenters. The molecule has 292 valence electrons. The molecular formula is C42H49N3O9S. The van der Waals surface area contributed by atoms with Crippen LogP contribution >= 0.6 is 11.8 Å². The maximum absolute atomic E-state index is 11.7. The SMILES string of the molecule is C=CCO[C@@]12Oc3ccc(Oc4cccc([N+](=O)[O-])c4)cc3[C@H]3[C@H](CCCCO)[C@@H](CCCCO)C=C(C(=NOC)C[C@@H]1Sc1ccc(NC(C)=O)cc1)[C@H]32. The van der Waals surface area contributed by atoms with Crippen molar-refractivity contribution in [1.29, 1.82) is 0 Å². The minimum Gasteiger partial charge on any atom is -0.460 e. The molecule has 3 N–H and O–H groups in total. The molecule has 0 saturated heterocycles. The highest BCUT2D eigenvalue weighted by atomic mass is 32.2. The number of hydrogen-bond acceptors (Lipinski definition) is 11. The van der Waals surface area contributed by atoms with E-state index < -0.39 is 10.7 Å². The minimum atomic E-state index is -1.18. The molecule has 3 aliphatic rings. The summed E-state index contributed by atoms with van der Waals surface area (Å²) < 4.78 is 20.4. The number of nitro groups is 1. The molecule has 1 amide bonds. The molecule has 55 heavy (non-hydrogen) atoms. The number of allylic oxidation sites excluding steroid dienone is 1. The third-order valence-electron chi connectivity index (χ3n) is 10.5. The van der Waals surface area contributed by atoms with E-state index in [0.717, 1.165) is 47.4 Å². The van der Waals surface area contributed by atoms with Gasteiger partial charge in [-0.15, -0.1) is 18.3 Å².